The Morgan fingerprint density at radius 3 is 2.10 bits per heavy atom. The Kier molecular flexibility index (Phi) is 9.52. The number of rotatable bonds is 3. The molecule has 0 atom stereocenters. The Bertz CT molecular complexity index is 473. The van der Waals surface area contributed by atoms with Crippen molar-refractivity contribution in [2.75, 3.05) is 5.43 Å². The molecule has 0 amide bonds. The van der Waals surface area contributed by atoms with E-state index in [9.17, 15) is 5.11 Å². The molecule has 2 aromatic carbocycles. The maximum absolute atomic E-state index is 9.60. The lowest BCUT2D eigenvalue weighted by atomic mass is 10.3. The number of ether oxygens (including phenoxy) is 1. The summed E-state index contributed by atoms with van der Waals surface area (Å²) in [6.07, 6.45) is 0. The Labute approximate surface area is 121 Å². The molecule has 0 saturated carbocycles. The first-order valence-corrected chi connectivity index (χ1v) is 6.82. The van der Waals surface area contributed by atoms with Gasteiger partial charge in [0.25, 0.3) is 0 Å². The lowest BCUT2D eigenvalue weighted by molar-refractivity contribution is 0.411. The maximum Gasteiger partial charge on any atom is 0.171 e. The first-order chi connectivity index (χ1) is 9.79. The number of nitrogens with two attached hydrogens (primary N) is 1. The Morgan fingerprint density at radius 1 is 0.950 bits per heavy atom. The minimum absolute atomic E-state index is 0.0721. The summed E-state index contributed by atoms with van der Waals surface area (Å²) in [7, 11) is 0. The molecule has 0 unspecified atom stereocenters. The highest BCUT2D eigenvalue weighted by Gasteiger charge is 2.04. The molecular weight excluding hydrogens is 252 g/mol. The number of anilines is 1. The molecule has 0 fully saturated rings. The molecule has 0 heterocycles. The van der Waals surface area contributed by atoms with Crippen LogP contribution in [-0.2, 0) is 0 Å². The van der Waals surface area contributed by atoms with E-state index in [1.807, 2.05) is 58.0 Å². The van der Waals surface area contributed by atoms with Crippen LogP contribution in [0, 0.1) is 0 Å². The van der Waals surface area contributed by atoms with E-state index in [1.165, 1.54) is 6.07 Å². The number of nitrogen functional groups attached to an aromatic ring is 1. The molecular formula is C16H24N2O2. The van der Waals surface area contributed by atoms with Crippen molar-refractivity contribution in [3.05, 3.63) is 48.5 Å². The molecule has 4 nitrogen and oxygen atoms in total. The van der Waals surface area contributed by atoms with Gasteiger partial charge in [-0.15, -0.1) is 0 Å². The molecule has 2 rings (SSSR count). The van der Waals surface area contributed by atoms with Gasteiger partial charge in [-0.1, -0.05) is 45.9 Å². The van der Waals surface area contributed by atoms with E-state index >= 15 is 0 Å². The van der Waals surface area contributed by atoms with Crippen molar-refractivity contribution >= 4 is 5.69 Å². The van der Waals surface area contributed by atoms with Crippen LogP contribution in [0.2, 0.25) is 0 Å². The van der Waals surface area contributed by atoms with Gasteiger partial charge in [0, 0.05) is 6.07 Å². The predicted octanol–water partition coefficient (Wildman–Crippen LogP) is 4.52. The van der Waals surface area contributed by atoms with E-state index in [1.54, 1.807) is 12.1 Å². The fourth-order valence-corrected chi connectivity index (χ4v) is 1.30. The molecule has 2 aromatic rings. The molecule has 20 heavy (non-hydrogen) atoms. The van der Waals surface area contributed by atoms with Gasteiger partial charge >= 0.3 is 0 Å². The van der Waals surface area contributed by atoms with E-state index in [2.05, 4.69) is 5.43 Å². The van der Waals surface area contributed by atoms with Crippen LogP contribution in [0.1, 0.15) is 27.7 Å². The van der Waals surface area contributed by atoms with Gasteiger partial charge in [0.2, 0.25) is 0 Å². The summed E-state index contributed by atoms with van der Waals surface area (Å²) in [4.78, 5) is 0. The van der Waals surface area contributed by atoms with Crippen LogP contribution in [0.3, 0.4) is 0 Å². The molecule has 0 spiro atoms. The molecule has 110 valence electrons. The fraction of sp³-hybridized carbons (Fsp3) is 0.250. The number of phenols is 1. The number of hydrogen-bond acceptors (Lipinski definition) is 4. The van der Waals surface area contributed by atoms with Crippen molar-refractivity contribution in [3.8, 4) is 17.2 Å². The molecule has 4 heteroatoms. The highest BCUT2D eigenvalue weighted by atomic mass is 16.5. The highest BCUT2D eigenvalue weighted by Crippen LogP contribution is 2.32. The van der Waals surface area contributed by atoms with E-state index < -0.39 is 0 Å². The first kappa shape index (κ1) is 17.8. The van der Waals surface area contributed by atoms with Crippen molar-refractivity contribution < 1.29 is 9.84 Å². The van der Waals surface area contributed by atoms with E-state index in [4.69, 9.17) is 10.6 Å². The van der Waals surface area contributed by atoms with Crippen LogP contribution < -0.4 is 16.0 Å². The Balaban J connectivity index is 0.000000829. The number of phenolic OH excluding ortho intramolecular Hbond substituents is 1. The zero-order valence-corrected chi connectivity index (χ0v) is 12.6. The molecule has 0 aliphatic rings. The Morgan fingerprint density at radius 2 is 1.55 bits per heavy atom. The summed E-state index contributed by atoms with van der Waals surface area (Å²) >= 11 is 0. The van der Waals surface area contributed by atoms with E-state index in [0.717, 1.165) is 0 Å². The molecule has 0 aliphatic carbocycles. The number of hydrazine groups is 1. The summed E-state index contributed by atoms with van der Waals surface area (Å²) in [5.41, 5.74) is 3.16. The van der Waals surface area contributed by atoms with Crippen LogP contribution in [0.25, 0.3) is 0 Å². The maximum atomic E-state index is 9.60. The minimum atomic E-state index is 0.0721. The second-order valence-electron chi connectivity index (χ2n) is 3.24. The average Bonchev–Trinajstić information content (AvgIpc) is 2.54. The average molecular weight is 276 g/mol. The van der Waals surface area contributed by atoms with Crippen molar-refractivity contribution in [1.29, 1.82) is 0 Å². The molecule has 0 aliphatic heterocycles. The number of nitrogens with one attached hydrogen (secondary N) is 1. The normalized spacial score (nSPS) is 8.45. The minimum Gasteiger partial charge on any atom is -0.504 e. The number of benzene rings is 2. The van der Waals surface area contributed by atoms with Crippen LogP contribution in [0.4, 0.5) is 5.69 Å². The monoisotopic (exact) mass is 276 g/mol. The first-order valence-electron chi connectivity index (χ1n) is 6.82. The van der Waals surface area contributed by atoms with Gasteiger partial charge in [-0.05, 0) is 24.3 Å². The van der Waals surface area contributed by atoms with Gasteiger partial charge in [-0.3, -0.25) is 5.84 Å². The summed E-state index contributed by atoms with van der Waals surface area (Å²) < 4.78 is 5.51. The predicted molar refractivity (Wildman–Crippen MR) is 85.1 cm³/mol. The lowest BCUT2D eigenvalue weighted by Crippen LogP contribution is -2.06. The zero-order chi connectivity index (χ0) is 15.4. The fourth-order valence-electron chi connectivity index (χ4n) is 1.30. The van der Waals surface area contributed by atoms with Crippen LogP contribution >= 0.6 is 0 Å². The summed E-state index contributed by atoms with van der Waals surface area (Å²) in [6.45, 7) is 8.00. The van der Waals surface area contributed by atoms with E-state index in [0.29, 0.717) is 17.2 Å². The zero-order valence-electron chi connectivity index (χ0n) is 12.6. The molecule has 0 radical (unpaired) electrons. The summed E-state index contributed by atoms with van der Waals surface area (Å²) in [6, 6.07) is 14.0. The Hall–Kier alpha value is -2.20. The van der Waals surface area contributed by atoms with Gasteiger partial charge in [0.1, 0.15) is 5.75 Å². The molecule has 4 N–H and O–H groups in total. The van der Waals surface area contributed by atoms with Crippen LogP contribution in [-0.4, -0.2) is 5.11 Å². The number of para-hydroxylation sites is 1. The molecule has 0 aromatic heterocycles. The topological polar surface area (TPSA) is 67.5 Å². The van der Waals surface area contributed by atoms with Crippen molar-refractivity contribution in [3.63, 3.8) is 0 Å². The SMILES string of the molecule is CC.CC.NNc1ccc(O)c(Oc2ccccc2)c1. The number of aromatic hydroxyl groups is 1. The van der Waals surface area contributed by atoms with Crippen molar-refractivity contribution in [2.45, 2.75) is 27.7 Å². The molecule has 0 saturated heterocycles. The number of hydrogen-bond donors (Lipinski definition) is 3. The standard InChI is InChI=1S/C12H12N2O2.2C2H6/c13-14-9-6-7-11(15)12(8-9)16-10-4-2-1-3-5-10;2*1-2/h1-8,14-15H,13H2;2*1-2H3. The van der Waals surface area contributed by atoms with Gasteiger partial charge < -0.3 is 15.3 Å². The van der Waals surface area contributed by atoms with Crippen molar-refractivity contribution in [1.82, 2.24) is 0 Å². The summed E-state index contributed by atoms with van der Waals surface area (Å²) in [5.74, 6) is 6.37. The molecule has 0 bridgehead atoms. The second-order valence-corrected chi connectivity index (χ2v) is 3.24. The quantitative estimate of drug-likeness (QED) is 0.438. The summed E-state index contributed by atoms with van der Waals surface area (Å²) in [5, 5.41) is 9.60. The van der Waals surface area contributed by atoms with Gasteiger partial charge in [0.05, 0.1) is 5.69 Å². The van der Waals surface area contributed by atoms with Gasteiger partial charge in [-0.25, -0.2) is 0 Å². The third kappa shape index (κ3) is 5.63. The van der Waals surface area contributed by atoms with Crippen LogP contribution in [0.15, 0.2) is 48.5 Å². The van der Waals surface area contributed by atoms with Crippen LogP contribution in [0.5, 0.6) is 17.2 Å². The third-order valence-electron chi connectivity index (χ3n) is 2.10. The van der Waals surface area contributed by atoms with Crippen molar-refractivity contribution in [2.24, 2.45) is 5.84 Å². The second kappa shape index (κ2) is 10.7. The van der Waals surface area contributed by atoms with E-state index in [-0.39, 0.29) is 5.75 Å². The highest BCUT2D eigenvalue weighted by molar-refractivity contribution is 5.54. The lowest BCUT2D eigenvalue weighted by Gasteiger charge is -2.09. The smallest absolute Gasteiger partial charge is 0.171 e. The van der Waals surface area contributed by atoms with Gasteiger partial charge in [0.15, 0.2) is 11.5 Å². The van der Waals surface area contributed by atoms with Gasteiger partial charge in [-0.2, -0.15) is 0 Å². The largest absolute Gasteiger partial charge is 0.504 e. The third-order valence-corrected chi connectivity index (χ3v) is 2.10.